The van der Waals surface area contributed by atoms with Crippen molar-refractivity contribution in [2.45, 2.75) is 19.1 Å². The van der Waals surface area contributed by atoms with Crippen LogP contribution >= 0.6 is 0 Å². The van der Waals surface area contributed by atoms with Gasteiger partial charge in [0.05, 0.1) is 0 Å². The Morgan fingerprint density at radius 3 is 2.06 bits per heavy atom. The van der Waals surface area contributed by atoms with E-state index in [1.807, 2.05) is 121 Å². The second-order valence-electron chi connectivity index (χ2n) is 8.00. The Morgan fingerprint density at radius 2 is 1.42 bits per heavy atom. The summed E-state index contributed by atoms with van der Waals surface area (Å²) in [5, 5.41) is 9.86. The Bertz CT molecular complexity index is 1170. The van der Waals surface area contributed by atoms with E-state index in [0.29, 0.717) is 13.0 Å². The largest absolute Gasteiger partial charge is 0.489 e. The van der Waals surface area contributed by atoms with Crippen LogP contribution in [0.3, 0.4) is 0 Å². The first-order chi connectivity index (χ1) is 16.1. The maximum atomic E-state index is 12.0. The number of ether oxygens (including phenoxy) is 1. The predicted molar refractivity (Wildman–Crippen MR) is 133 cm³/mol. The van der Waals surface area contributed by atoms with Crippen molar-refractivity contribution in [3.8, 4) is 16.9 Å². The Hall–Kier alpha value is -4.05. The van der Waals surface area contributed by atoms with Crippen LogP contribution in [-0.2, 0) is 17.8 Å². The van der Waals surface area contributed by atoms with E-state index in [-0.39, 0.29) is 0 Å². The van der Waals surface area contributed by atoms with Gasteiger partial charge in [0.15, 0.2) is 0 Å². The predicted octanol–water partition coefficient (Wildman–Crippen LogP) is 6.06. The number of carboxylic acids is 1. The number of aliphatic carboxylic acids is 1. The van der Waals surface area contributed by atoms with Crippen LogP contribution < -0.4 is 9.64 Å². The number of benzene rings is 4. The molecular formula is C29H27NO3. The molecule has 0 unspecified atom stereocenters. The molecule has 0 aliphatic rings. The highest BCUT2D eigenvalue weighted by Crippen LogP contribution is 2.27. The van der Waals surface area contributed by atoms with Gasteiger partial charge in [-0.15, -0.1) is 0 Å². The highest BCUT2D eigenvalue weighted by atomic mass is 16.5. The topological polar surface area (TPSA) is 49.8 Å². The van der Waals surface area contributed by atoms with Gasteiger partial charge < -0.3 is 14.7 Å². The molecule has 0 spiro atoms. The Morgan fingerprint density at radius 1 is 0.788 bits per heavy atom. The molecule has 0 aliphatic heterocycles. The Kier molecular flexibility index (Phi) is 7.06. The number of nitrogens with zero attached hydrogens (tertiary/aromatic N) is 1. The zero-order chi connectivity index (χ0) is 23.0. The fourth-order valence-electron chi connectivity index (χ4n) is 3.80. The molecule has 0 saturated heterocycles. The van der Waals surface area contributed by atoms with Crippen LogP contribution in [0.4, 0.5) is 5.69 Å². The monoisotopic (exact) mass is 437 g/mol. The molecule has 0 bridgehead atoms. The summed E-state index contributed by atoms with van der Waals surface area (Å²) in [6, 6.07) is 35.1. The summed E-state index contributed by atoms with van der Waals surface area (Å²) < 4.78 is 5.89. The van der Waals surface area contributed by atoms with Crippen molar-refractivity contribution in [3.05, 3.63) is 120 Å². The lowest BCUT2D eigenvalue weighted by Crippen LogP contribution is -2.40. The lowest BCUT2D eigenvalue weighted by atomic mass is 10.0. The van der Waals surface area contributed by atoms with Gasteiger partial charge in [-0.25, -0.2) is 4.79 Å². The Labute approximate surface area is 194 Å². The molecule has 4 heteroatoms. The van der Waals surface area contributed by atoms with Crippen molar-refractivity contribution in [2.75, 3.05) is 11.9 Å². The summed E-state index contributed by atoms with van der Waals surface area (Å²) in [5.41, 5.74) is 5.06. The SMILES string of the molecule is CN(c1cccc(-c2ccc(OCc3ccccc3)cc2)c1)[C@@H](Cc1ccccc1)C(=O)O. The third-order valence-electron chi connectivity index (χ3n) is 5.71. The summed E-state index contributed by atoms with van der Waals surface area (Å²) in [6.07, 6.45) is 0.435. The van der Waals surface area contributed by atoms with Gasteiger partial charge in [0, 0.05) is 19.2 Å². The highest BCUT2D eigenvalue weighted by Gasteiger charge is 2.23. The van der Waals surface area contributed by atoms with Crippen LogP contribution in [-0.4, -0.2) is 24.2 Å². The molecule has 4 aromatic rings. The number of rotatable bonds is 9. The molecule has 33 heavy (non-hydrogen) atoms. The zero-order valence-electron chi connectivity index (χ0n) is 18.6. The first-order valence-electron chi connectivity index (χ1n) is 11.0. The van der Waals surface area contributed by atoms with Crippen LogP contribution in [0.15, 0.2) is 109 Å². The minimum atomic E-state index is -0.841. The van der Waals surface area contributed by atoms with Gasteiger partial charge in [-0.2, -0.15) is 0 Å². The van der Waals surface area contributed by atoms with Gasteiger partial charge in [0.25, 0.3) is 0 Å². The number of hydrogen-bond donors (Lipinski definition) is 1. The normalized spacial score (nSPS) is 11.5. The van der Waals surface area contributed by atoms with E-state index in [1.54, 1.807) is 0 Å². The first-order valence-corrected chi connectivity index (χ1v) is 11.0. The van der Waals surface area contributed by atoms with Crippen LogP contribution in [0.5, 0.6) is 5.75 Å². The third kappa shape index (κ3) is 5.80. The van der Waals surface area contributed by atoms with Gasteiger partial charge in [-0.3, -0.25) is 0 Å². The molecule has 4 nitrogen and oxygen atoms in total. The molecule has 1 atom stereocenters. The van der Waals surface area contributed by atoms with Crippen LogP contribution in [0.2, 0.25) is 0 Å². The van der Waals surface area contributed by atoms with E-state index < -0.39 is 12.0 Å². The lowest BCUT2D eigenvalue weighted by molar-refractivity contribution is -0.138. The molecule has 4 aromatic carbocycles. The number of carboxylic acid groups (broad SMARTS) is 1. The average Bonchev–Trinajstić information content (AvgIpc) is 2.87. The summed E-state index contributed by atoms with van der Waals surface area (Å²) in [4.78, 5) is 13.8. The number of likely N-dealkylation sites (N-methyl/N-ethyl adjacent to an activating group) is 1. The molecular weight excluding hydrogens is 410 g/mol. The van der Waals surface area contributed by atoms with Crippen molar-refractivity contribution in [3.63, 3.8) is 0 Å². The van der Waals surface area contributed by atoms with Gasteiger partial charge in [-0.1, -0.05) is 84.9 Å². The first kappa shape index (κ1) is 22.2. The van der Waals surface area contributed by atoms with Gasteiger partial charge >= 0.3 is 5.97 Å². The second-order valence-corrected chi connectivity index (χ2v) is 8.00. The molecule has 4 rings (SSSR count). The van der Waals surface area contributed by atoms with Crippen molar-refractivity contribution >= 4 is 11.7 Å². The van der Waals surface area contributed by atoms with Crippen LogP contribution in [0, 0.1) is 0 Å². The average molecular weight is 438 g/mol. The molecule has 0 heterocycles. The smallest absolute Gasteiger partial charge is 0.326 e. The van der Waals surface area contributed by atoms with Gasteiger partial charge in [-0.05, 0) is 46.5 Å². The van der Waals surface area contributed by atoms with Crippen molar-refractivity contribution in [1.82, 2.24) is 0 Å². The number of carbonyl (C=O) groups is 1. The van der Waals surface area contributed by atoms with Gasteiger partial charge in [0.1, 0.15) is 18.4 Å². The van der Waals surface area contributed by atoms with E-state index in [2.05, 4.69) is 0 Å². The Balaban J connectivity index is 1.47. The van der Waals surface area contributed by atoms with Crippen LogP contribution in [0.25, 0.3) is 11.1 Å². The fourth-order valence-corrected chi connectivity index (χ4v) is 3.80. The van der Waals surface area contributed by atoms with E-state index in [0.717, 1.165) is 33.7 Å². The molecule has 0 amide bonds. The summed E-state index contributed by atoms with van der Waals surface area (Å²) >= 11 is 0. The number of anilines is 1. The molecule has 0 radical (unpaired) electrons. The van der Waals surface area contributed by atoms with Crippen molar-refractivity contribution < 1.29 is 14.6 Å². The highest BCUT2D eigenvalue weighted by molar-refractivity contribution is 5.79. The van der Waals surface area contributed by atoms with E-state index in [1.165, 1.54) is 0 Å². The van der Waals surface area contributed by atoms with Crippen molar-refractivity contribution in [2.24, 2.45) is 0 Å². The lowest BCUT2D eigenvalue weighted by Gasteiger charge is -2.27. The molecule has 1 N–H and O–H groups in total. The molecule has 0 fully saturated rings. The maximum absolute atomic E-state index is 12.0. The summed E-state index contributed by atoms with van der Waals surface area (Å²) in [7, 11) is 1.83. The molecule has 0 aliphatic carbocycles. The van der Waals surface area contributed by atoms with E-state index in [9.17, 15) is 9.90 Å². The second kappa shape index (κ2) is 10.5. The van der Waals surface area contributed by atoms with Gasteiger partial charge in [0.2, 0.25) is 0 Å². The summed E-state index contributed by atoms with van der Waals surface area (Å²) in [6.45, 7) is 0.526. The van der Waals surface area contributed by atoms with Crippen molar-refractivity contribution in [1.29, 1.82) is 0 Å². The minimum absolute atomic E-state index is 0.435. The quantitative estimate of drug-likeness (QED) is 0.346. The van der Waals surface area contributed by atoms with E-state index >= 15 is 0 Å². The molecule has 166 valence electrons. The molecule has 0 aromatic heterocycles. The number of hydrogen-bond acceptors (Lipinski definition) is 3. The minimum Gasteiger partial charge on any atom is -0.489 e. The summed E-state index contributed by atoms with van der Waals surface area (Å²) in [5.74, 6) is -0.0312. The zero-order valence-corrected chi connectivity index (χ0v) is 18.6. The van der Waals surface area contributed by atoms with Crippen LogP contribution in [0.1, 0.15) is 11.1 Å². The van der Waals surface area contributed by atoms with E-state index in [4.69, 9.17) is 4.74 Å². The molecule has 0 saturated carbocycles. The maximum Gasteiger partial charge on any atom is 0.326 e. The standard InChI is InChI=1S/C29H27NO3/c1-30(28(29(31)32)19-22-9-4-2-5-10-22)26-14-8-13-25(20-26)24-15-17-27(18-16-24)33-21-23-11-6-3-7-12-23/h2-18,20,28H,19,21H2,1H3,(H,31,32)/t28-/m0/s1. The fraction of sp³-hybridized carbons (Fsp3) is 0.138. The third-order valence-corrected chi connectivity index (χ3v) is 5.71.